The summed E-state index contributed by atoms with van der Waals surface area (Å²) >= 11 is 0. The molecule has 0 aliphatic heterocycles. The minimum atomic E-state index is -0.869. The van der Waals surface area contributed by atoms with Crippen molar-refractivity contribution in [3.8, 4) is 0 Å². The number of ether oxygens (including phenoxy) is 1. The van der Waals surface area contributed by atoms with Gasteiger partial charge in [0.05, 0.1) is 12.2 Å². The highest BCUT2D eigenvalue weighted by atomic mass is 16.5. The Morgan fingerprint density at radius 1 is 1.59 bits per heavy atom. The average molecular weight is 241 g/mol. The molecule has 0 amide bonds. The zero-order valence-corrected chi connectivity index (χ0v) is 10.7. The lowest BCUT2D eigenvalue weighted by Gasteiger charge is -2.27. The van der Waals surface area contributed by atoms with Crippen LogP contribution >= 0.6 is 0 Å². The number of aryl methyl sites for hydroxylation is 1. The van der Waals surface area contributed by atoms with Gasteiger partial charge < -0.3 is 20.1 Å². The highest BCUT2D eigenvalue weighted by molar-refractivity contribution is 4.99. The van der Waals surface area contributed by atoms with Gasteiger partial charge in [0, 0.05) is 32.5 Å². The van der Waals surface area contributed by atoms with Gasteiger partial charge in [0.15, 0.2) is 0 Å². The molecule has 0 saturated carbocycles. The third kappa shape index (κ3) is 4.11. The van der Waals surface area contributed by atoms with E-state index >= 15 is 0 Å². The van der Waals surface area contributed by atoms with Gasteiger partial charge in [0.1, 0.15) is 5.82 Å². The summed E-state index contributed by atoms with van der Waals surface area (Å²) in [6.07, 6.45) is 5.60. The minimum Gasteiger partial charge on any atom is -0.387 e. The number of imidazole rings is 1. The maximum Gasteiger partial charge on any atom is 0.111 e. The lowest BCUT2D eigenvalue weighted by molar-refractivity contribution is -0.0392. The van der Waals surface area contributed by atoms with Crippen molar-refractivity contribution in [2.24, 2.45) is 5.73 Å². The van der Waals surface area contributed by atoms with Crippen LogP contribution in [0.25, 0.3) is 0 Å². The summed E-state index contributed by atoms with van der Waals surface area (Å²) < 4.78 is 7.13. The maximum atomic E-state index is 10.5. The normalized spacial score (nSPS) is 14.8. The number of aromatic nitrogens is 2. The summed E-state index contributed by atoms with van der Waals surface area (Å²) in [5.74, 6) is 0.893. The van der Waals surface area contributed by atoms with Gasteiger partial charge in [-0.05, 0) is 26.3 Å². The van der Waals surface area contributed by atoms with Crippen molar-refractivity contribution in [1.29, 1.82) is 0 Å². The van der Waals surface area contributed by atoms with E-state index in [9.17, 15) is 5.11 Å². The van der Waals surface area contributed by atoms with Crippen LogP contribution in [0.4, 0.5) is 0 Å². The largest absolute Gasteiger partial charge is 0.387 e. The van der Waals surface area contributed by atoms with Crippen LogP contribution in [-0.4, -0.2) is 40.5 Å². The molecule has 0 spiro atoms. The van der Waals surface area contributed by atoms with Crippen molar-refractivity contribution in [1.82, 2.24) is 9.55 Å². The monoisotopic (exact) mass is 241 g/mol. The second-order valence-electron chi connectivity index (χ2n) is 4.36. The topological polar surface area (TPSA) is 73.3 Å². The molecule has 0 saturated heterocycles. The molecule has 1 unspecified atom stereocenters. The van der Waals surface area contributed by atoms with Crippen molar-refractivity contribution in [3.05, 3.63) is 18.2 Å². The predicted octanol–water partition coefficient (Wildman–Crippen LogP) is 0.562. The fourth-order valence-corrected chi connectivity index (χ4v) is 2.00. The van der Waals surface area contributed by atoms with E-state index in [0.29, 0.717) is 26.0 Å². The Morgan fingerprint density at radius 3 is 2.94 bits per heavy atom. The van der Waals surface area contributed by atoms with Gasteiger partial charge in [0.2, 0.25) is 0 Å². The molecule has 1 atom stereocenters. The molecule has 1 heterocycles. The Balaban J connectivity index is 2.71. The Kier molecular flexibility index (Phi) is 5.61. The molecule has 0 bridgehead atoms. The summed E-state index contributed by atoms with van der Waals surface area (Å²) in [5, 5.41) is 10.5. The molecule has 0 fully saturated rings. The molecule has 0 radical (unpaired) electrons. The number of rotatable bonds is 8. The van der Waals surface area contributed by atoms with Gasteiger partial charge in [-0.1, -0.05) is 0 Å². The summed E-state index contributed by atoms with van der Waals surface area (Å²) in [6, 6.07) is 0. The second kappa shape index (κ2) is 6.74. The molecule has 0 aromatic carbocycles. The fraction of sp³-hybridized carbons (Fsp3) is 0.750. The molecule has 0 aliphatic carbocycles. The van der Waals surface area contributed by atoms with E-state index in [2.05, 4.69) is 11.9 Å². The molecule has 17 heavy (non-hydrogen) atoms. The lowest BCUT2D eigenvalue weighted by atomic mass is 9.94. The van der Waals surface area contributed by atoms with Gasteiger partial charge in [-0.15, -0.1) is 0 Å². The summed E-state index contributed by atoms with van der Waals surface area (Å²) in [5.41, 5.74) is 4.62. The predicted molar refractivity (Wildman–Crippen MR) is 66.7 cm³/mol. The standard InChI is InChI=1S/C12H23N3O2/c1-3-15-8-7-14-11(15)9-12(16,10-17-2)5-4-6-13/h7-8,16H,3-6,9-10,13H2,1-2H3. The molecule has 1 aromatic heterocycles. The first-order valence-corrected chi connectivity index (χ1v) is 6.06. The van der Waals surface area contributed by atoms with Gasteiger partial charge in [0.25, 0.3) is 0 Å². The lowest BCUT2D eigenvalue weighted by Crippen LogP contribution is -2.38. The maximum absolute atomic E-state index is 10.5. The number of hydrogen-bond donors (Lipinski definition) is 2. The SMILES string of the molecule is CCn1ccnc1CC(O)(CCCN)COC. The fourth-order valence-electron chi connectivity index (χ4n) is 2.00. The van der Waals surface area contributed by atoms with Crippen LogP contribution in [-0.2, 0) is 17.7 Å². The number of aliphatic hydroxyl groups is 1. The smallest absolute Gasteiger partial charge is 0.111 e. The average Bonchev–Trinajstić information content (AvgIpc) is 2.74. The first kappa shape index (κ1) is 14.2. The van der Waals surface area contributed by atoms with Gasteiger partial charge in [-0.3, -0.25) is 0 Å². The van der Waals surface area contributed by atoms with E-state index in [4.69, 9.17) is 10.5 Å². The van der Waals surface area contributed by atoms with E-state index in [1.165, 1.54) is 0 Å². The molecule has 1 aromatic rings. The third-order valence-corrected chi connectivity index (χ3v) is 2.89. The molecular weight excluding hydrogens is 218 g/mol. The highest BCUT2D eigenvalue weighted by Crippen LogP contribution is 2.19. The minimum absolute atomic E-state index is 0.309. The number of methoxy groups -OCH3 is 1. The summed E-state index contributed by atoms with van der Waals surface area (Å²) in [6.45, 7) is 3.80. The second-order valence-corrected chi connectivity index (χ2v) is 4.36. The molecule has 3 N–H and O–H groups in total. The zero-order valence-electron chi connectivity index (χ0n) is 10.7. The number of nitrogens with two attached hydrogens (primary N) is 1. The molecule has 5 nitrogen and oxygen atoms in total. The van der Waals surface area contributed by atoms with E-state index in [-0.39, 0.29) is 0 Å². The van der Waals surface area contributed by atoms with Crippen molar-refractivity contribution in [2.75, 3.05) is 20.3 Å². The van der Waals surface area contributed by atoms with Crippen LogP contribution in [0.5, 0.6) is 0 Å². The van der Waals surface area contributed by atoms with E-state index in [0.717, 1.165) is 18.8 Å². The zero-order chi connectivity index (χ0) is 12.7. The molecule has 5 heteroatoms. The van der Waals surface area contributed by atoms with Crippen LogP contribution in [0.15, 0.2) is 12.4 Å². The highest BCUT2D eigenvalue weighted by Gasteiger charge is 2.28. The van der Waals surface area contributed by atoms with Crippen molar-refractivity contribution < 1.29 is 9.84 Å². The Hall–Kier alpha value is -0.910. The van der Waals surface area contributed by atoms with Gasteiger partial charge in [-0.25, -0.2) is 4.98 Å². The van der Waals surface area contributed by atoms with Crippen molar-refractivity contribution in [3.63, 3.8) is 0 Å². The van der Waals surface area contributed by atoms with Crippen molar-refractivity contribution >= 4 is 0 Å². The van der Waals surface area contributed by atoms with Crippen LogP contribution in [0.3, 0.4) is 0 Å². The summed E-state index contributed by atoms with van der Waals surface area (Å²) in [7, 11) is 1.60. The molecule has 1 rings (SSSR count). The molecular formula is C12H23N3O2. The van der Waals surface area contributed by atoms with E-state index < -0.39 is 5.60 Å². The summed E-state index contributed by atoms with van der Waals surface area (Å²) in [4.78, 5) is 4.28. The van der Waals surface area contributed by atoms with Crippen LogP contribution in [0, 0.1) is 0 Å². The van der Waals surface area contributed by atoms with Gasteiger partial charge in [-0.2, -0.15) is 0 Å². The van der Waals surface area contributed by atoms with Gasteiger partial charge >= 0.3 is 0 Å². The quantitative estimate of drug-likeness (QED) is 0.697. The molecule has 98 valence electrons. The number of hydrogen-bond acceptors (Lipinski definition) is 4. The first-order chi connectivity index (χ1) is 8.15. The Morgan fingerprint density at radius 2 is 2.35 bits per heavy atom. The Bertz CT molecular complexity index is 327. The van der Waals surface area contributed by atoms with Crippen LogP contribution in [0.2, 0.25) is 0 Å². The first-order valence-electron chi connectivity index (χ1n) is 6.06. The Labute approximate surface area is 103 Å². The van der Waals surface area contributed by atoms with E-state index in [1.807, 2.05) is 10.8 Å². The number of nitrogens with zero attached hydrogens (tertiary/aromatic N) is 2. The van der Waals surface area contributed by atoms with E-state index in [1.54, 1.807) is 13.3 Å². The van der Waals surface area contributed by atoms with Crippen LogP contribution in [0.1, 0.15) is 25.6 Å². The third-order valence-electron chi connectivity index (χ3n) is 2.89. The van der Waals surface area contributed by atoms with Crippen molar-refractivity contribution in [2.45, 2.75) is 38.3 Å². The molecule has 0 aliphatic rings. The van der Waals surface area contributed by atoms with Crippen LogP contribution < -0.4 is 5.73 Å².